The molecule has 1 aliphatic rings. The highest BCUT2D eigenvalue weighted by Crippen LogP contribution is 2.36. The molecule has 0 radical (unpaired) electrons. The number of thioether (sulfide) groups is 1. The van der Waals surface area contributed by atoms with Gasteiger partial charge in [-0.15, -0.1) is 11.3 Å². The van der Waals surface area contributed by atoms with E-state index in [0.717, 1.165) is 31.7 Å². The first kappa shape index (κ1) is 16.4. The lowest BCUT2D eigenvalue weighted by Gasteiger charge is -2.20. The lowest BCUT2D eigenvalue weighted by atomic mass is 10.1. The number of nitrogens with zero attached hydrogens (tertiary/aromatic N) is 1. The third-order valence-corrected chi connectivity index (χ3v) is 6.47. The molecule has 1 saturated heterocycles. The summed E-state index contributed by atoms with van der Waals surface area (Å²) in [5, 5.41) is 5.73. The van der Waals surface area contributed by atoms with Crippen LogP contribution in [0.25, 0.3) is 0 Å². The first-order chi connectivity index (χ1) is 11.3. The third kappa shape index (κ3) is 4.75. The third-order valence-electron chi connectivity index (χ3n) is 4.02. The number of hydrogen-bond donors (Lipinski definition) is 1. The number of rotatable bonds is 4. The van der Waals surface area contributed by atoms with E-state index < -0.39 is 0 Å². The molecule has 1 aliphatic heterocycles. The minimum absolute atomic E-state index is 0.0772. The van der Waals surface area contributed by atoms with Gasteiger partial charge in [0.2, 0.25) is 0 Å². The SMILES string of the molecule is O=C(NCCc1ccccc1)N1CCSC(c2cccs2)CC1. The number of carbonyl (C=O) groups excluding carboxylic acids is 1. The maximum absolute atomic E-state index is 12.3. The van der Waals surface area contributed by atoms with Gasteiger partial charge >= 0.3 is 6.03 Å². The number of urea groups is 1. The zero-order chi connectivity index (χ0) is 15.9. The highest BCUT2D eigenvalue weighted by atomic mass is 32.2. The zero-order valence-electron chi connectivity index (χ0n) is 13.1. The molecule has 2 amide bonds. The van der Waals surface area contributed by atoms with Crippen molar-refractivity contribution in [2.24, 2.45) is 0 Å². The van der Waals surface area contributed by atoms with Crippen molar-refractivity contribution in [2.45, 2.75) is 18.1 Å². The van der Waals surface area contributed by atoms with E-state index in [4.69, 9.17) is 0 Å². The van der Waals surface area contributed by atoms with Crippen molar-refractivity contribution < 1.29 is 4.79 Å². The Kier molecular flexibility index (Phi) is 6.00. The van der Waals surface area contributed by atoms with Crippen LogP contribution >= 0.6 is 23.1 Å². The summed E-state index contributed by atoms with van der Waals surface area (Å²) in [5.74, 6) is 1.01. The lowest BCUT2D eigenvalue weighted by Crippen LogP contribution is -2.41. The molecule has 0 bridgehead atoms. The van der Waals surface area contributed by atoms with Crippen molar-refractivity contribution >= 4 is 29.1 Å². The zero-order valence-corrected chi connectivity index (χ0v) is 14.7. The van der Waals surface area contributed by atoms with Gasteiger partial charge in [0.25, 0.3) is 0 Å². The van der Waals surface area contributed by atoms with Crippen molar-refractivity contribution in [2.75, 3.05) is 25.4 Å². The van der Waals surface area contributed by atoms with Gasteiger partial charge in [-0.05, 0) is 29.9 Å². The van der Waals surface area contributed by atoms with Crippen LogP contribution in [0.1, 0.15) is 22.1 Å². The van der Waals surface area contributed by atoms with Gasteiger partial charge in [0, 0.05) is 35.5 Å². The molecule has 1 fully saturated rings. The molecule has 1 N–H and O–H groups in total. The molecule has 3 rings (SSSR count). The molecule has 0 saturated carbocycles. The molecule has 3 nitrogen and oxygen atoms in total. The first-order valence-electron chi connectivity index (χ1n) is 8.04. The number of nitrogens with one attached hydrogen (secondary N) is 1. The van der Waals surface area contributed by atoms with Gasteiger partial charge in [0.1, 0.15) is 0 Å². The molecule has 1 aromatic carbocycles. The normalized spacial score (nSPS) is 18.4. The molecule has 2 heterocycles. The molecule has 1 atom stereocenters. The van der Waals surface area contributed by atoms with Crippen molar-refractivity contribution in [3.63, 3.8) is 0 Å². The van der Waals surface area contributed by atoms with Crippen molar-refractivity contribution in [1.29, 1.82) is 0 Å². The van der Waals surface area contributed by atoms with Crippen molar-refractivity contribution in [3.05, 3.63) is 58.3 Å². The summed E-state index contributed by atoms with van der Waals surface area (Å²) in [4.78, 5) is 15.7. The molecule has 0 aliphatic carbocycles. The Balaban J connectivity index is 1.44. The predicted molar refractivity (Wildman–Crippen MR) is 99.3 cm³/mol. The monoisotopic (exact) mass is 346 g/mol. The maximum atomic E-state index is 12.3. The molecular formula is C18H22N2OS2. The van der Waals surface area contributed by atoms with E-state index in [0.29, 0.717) is 11.8 Å². The highest BCUT2D eigenvalue weighted by molar-refractivity contribution is 7.99. The van der Waals surface area contributed by atoms with Crippen LogP contribution in [0, 0.1) is 0 Å². The summed E-state index contributed by atoms with van der Waals surface area (Å²) in [7, 11) is 0. The van der Waals surface area contributed by atoms with Gasteiger partial charge in [-0.25, -0.2) is 4.79 Å². The second kappa shape index (κ2) is 8.41. The van der Waals surface area contributed by atoms with Crippen LogP contribution in [-0.4, -0.2) is 36.3 Å². The van der Waals surface area contributed by atoms with Crippen LogP contribution in [0.5, 0.6) is 0 Å². The van der Waals surface area contributed by atoms with Gasteiger partial charge in [0.05, 0.1) is 0 Å². The summed E-state index contributed by atoms with van der Waals surface area (Å²) in [5.41, 5.74) is 1.26. The first-order valence-corrected chi connectivity index (χ1v) is 9.97. The van der Waals surface area contributed by atoms with E-state index in [-0.39, 0.29) is 6.03 Å². The molecule has 23 heavy (non-hydrogen) atoms. The number of thiophene rings is 1. The van der Waals surface area contributed by atoms with E-state index in [9.17, 15) is 4.79 Å². The maximum Gasteiger partial charge on any atom is 0.317 e. The van der Waals surface area contributed by atoms with Crippen molar-refractivity contribution in [3.8, 4) is 0 Å². The molecule has 1 aromatic heterocycles. The molecule has 5 heteroatoms. The summed E-state index contributed by atoms with van der Waals surface area (Å²) in [6, 6.07) is 14.7. The molecule has 122 valence electrons. The summed E-state index contributed by atoms with van der Waals surface area (Å²) in [6.45, 7) is 2.37. The second-order valence-corrected chi connectivity index (χ2v) is 7.91. The Morgan fingerprint density at radius 3 is 2.83 bits per heavy atom. The van der Waals surface area contributed by atoms with Crippen LogP contribution in [0.15, 0.2) is 47.8 Å². The summed E-state index contributed by atoms with van der Waals surface area (Å²) in [6.07, 6.45) is 1.92. The van der Waals surface area contributed by atoms with Crippen LogP contribution in [-0.2, 0) is 6.42 Å². The van der Waals surface area contributed by atoms with Gasteiger partial charge in [0.15, 0.2) is 0 Å². The van der Waals surface area contributed by atoms with E-state index in [2.05, 4.69) is 35.0 Å². The Morgan fingerprint density at radius 1 is 1.17 bits per heavy atom. The van der Waals surface area contributed by atoms with Gasteiger partial charge in [-0.2, -0.15) is 11.8 Å². The highest BCUT2D eigenvalue weighted by Gasteiger charge is 2.22. The Bertz CT molecular complexity index is 601. The number of carbonyl (C=O) groups is 1. The quantitative estimate of drug-likeness (QED) is 0.901. The fourth-order valence-electron chi connectivity index (χ4n) is 2.75. The van der Waals surface area contributed by atoms with E-state index in [1.54, 1.807) is 0 Å². The predicted octanol–water partition coefficient (Wildman–Crippen LogP) is 4.18. The van der Waals surface area contributed by atoms with E-state index in [1.165, 1.54) is 10.4 Å². The summed E-state index contributed by atoms with van der Waals surface area (Å²) < 4.78 is 0. The molecule has 2 aromatic rings. The minimum atomic E-state index is 0.0772. The van der Waals surface area contributed by atoms with E-state index in [1.807, 2.05) is 46.2 Å². The van der Waals surface area contributed by atoms with Crippen LogP contribution in [0.2, 0.25) is 0 Å². The molecule has 0 spiro atoms. The number of benzene rings is 1. The van der Waals surface area contributed by atoms with Crippen LogP contribution < -0.4 is 5.32 Å². The standard InChI is InChI=1S/C18H22N2OS2/c21-18(19-10-8-15-5-2-1-3-6-15)20-11-9-17(23-14-12-20)16-7-4-13-22-16/h1-7,13,17H,8-12,14H2,(H,19,21). The number of hydrogen-bond acceptors (Lipinski definition) is 3. The van der Waals surface area contributed by atoms with Gasteiger partial charge < -0.3 is 10.2 Å². The summed E-state index contributed by atoms with van der Waals surface area (Å²) >= 11 is 3.79. The van der Waals surface area contributed by atoms with Gasteiger partial charge in [-0.3, -0.25) is 0 Å². The van der Waals surface area contributed by atoms with E-state index >= 15 is 0 Å². The van der Waals surface area contributed by atoms with Crippen LogP contribution in [0.4, 0.5) is 4.79 Å². The number of amides is 2. The topological polar surface area (TPSA) is 32.3 Å². The molecular weight excluding hydrogens is 324 g/mol. The fourth-order valence-corrected chi connectivity index (χ4v) is 4.98. The Labute approximate surface area is 146 Å². The average Bonchev–Trinajstić information content (AvgIpc) is 3.00. The van der Waals surface area contributed by atoms with Gasteiger partial charge in [-0.1, -0.05) is 36.4 Å². The smallest absolute Gasteiger partial charge is 0.317 e. The minimum Gasteiger partial charge on any atom is -0.338 e. The fraction of sp³-hybridized carbons (Fsp3) is 0.389. The largest absolute Gasteiger partial charge is 0.338 e. The lowest BCUT2D eigenvalue weighted by molar-refractivity contribution is 0.201. The second-order valence-electron chi connectivity index (χ2n) is 5.62. The average molecular weight is 347 g/mol. The Morgan fingerprint density at radius 2 is 2.04 bits per heavy atom. The van der Waals surface area contributed by atoms with Crippen molar-refractivity contribution in [1.82, 2.24) is 10.2 Å². The Hall–Kier alpha value is -1.46. The molecule has 1 unspecified atom stereocenters. The van der Waals surface area contributed by atoms with Crippen LogP contribution in [0.3, 0.4) is 0 Å².